The van der Waals surface area contributed by atoms with E-state index in [9.17, 15) is 4.79 Å². The van der Waals surface area contributed by atoms with Crippen LogP contribution in [-0.4, -0.2) is 18.0 Å². The first kappa shape index (κ1) is 10.2. The van der Waals surface area contributed by atoms with Gasteiger partial charge in [0.2, 0.25) is 0 Å². The van der Waals surface area contributed by atoms with Crippen LogP contribution < -0.4 is 0 Å². The molecule has 14 heavy (non-hydrogen) atoms. The fraction of sp³-hybridized carbons (Fsp3) is 0.917. The molecule has 1 aliphatic carbocycles. The van der Waals surface area contributed by atoms with Gasteiger partial charge in [0, 0.05) is 0 Å². The van der Waals surface area contributed by atoms with Gasteiger partial charge >= 0.3 is 0 Å². The van der Waals surface area contributed by atoms with Crippen LogP contribution in [-0.2, 0) is 9.53 Å². The van der Waals surface area contributed by atoms with Crippen LogP contribution in [0.25, 0.3) is 0 Å². The zero-order valence-corrected chi connectivity index (χ0v) is 9.00. The van der Waals surface area contributed by atoms with E-state index in [0.717, 1.165) is 18.6 Å². The Morgan fingerprint density at radius 3 is 2.93 bits per heavy atom. The van der Waals surface area contributed by atoms with Crippen molar-refractivity contribution in [3.05, 3.63) is 0 Å². The van der Waals surface area contributed by atoms with Crippen LogP contribution in [0.3, 0.4) is 0 Å². The molecular weight excluding hydrogens is 176 g/mol. The summed E-state index contributed by atoms with van der Waals surface area (Å²) in [7, 11) is 0. The first-order valence-electron chi connectivity index (χ1n) is 5.91. The van der Waals surface area contributed by atoms with Gasteiger partial charge < -0.3 is 9.53 Å². The third kappa shape index (κ3) is 1.85. The van der Waals surface area contributed by atoms with Gasteiger partial charge in [-0.05, 0) is 44.4 Å². The summed E-state index contributed by atoms with van der Waals surface area (Å²) in [6.07, 6.45) is 9.07. The summed E-state index contributed by atoms with van der Waals surface area (Å²) in [5.74, 6) is 0.834. The Balaban J connectivity index is 1.98. The van der Waals surface area contributed by atoms with Crippen molar-refractivity contribution in [3.63, 3.8) is 0 Å². The van der Waals surface area contributed by atoms with E-state index < -0.39 is 0 Å². The Kier molecular flexibility index (Phi) is 2.91. The molecule has 1 heterocycles. The fourth-order valence-corrected chi connectivity index (χ4v) is 3.04. The number of aldehydes is 1. The van der Waals surface area contributed by atoms with E-state index in [2.05, 4.69) is 6.92 Å². The van der Waals surface area contributed by atoms with E-state index in [1.54, 1.807) is 0 Å². The molecule has 1 aliphatic heterocycles. The highest BCUT2D eigenvalue weighted by molar-refractivity contribution is 5.56. The first-order chi connectivity index (χ1) is 6.78. The lowest BCUT2D eigenvalue weighted by Crippen LogP contribution is -2.39. The van der Waals surface area contributed by atoms with Crippen LogP contribution in [0.5, 0.6) is 0 Å². The molecule has 2 fully saturated rings. The van der Waals surface area contributed by atoms with Gasteiger partial charge in [-0.3, -0.25) is 0 Å². The molecule has 3 unspecified atom stereocenters. The van der Waals surface area contributed by atoms with Crippen molar-refractivity contribution in [1.29, 1.82) is 0 Å². The topological polar surface area (TPSA) is 26.3 Å². The third-order valence-electron chi connectivity index (χ3n) is 3.92. The highest BCUT2D eigenvalue weighted by atomic mass is 16.5. The number of rotatable bonds is 2. The van der Waals surface area contributed by atoms with Crippen molar-refractivity contribution in [2.45, 2.75) is 63.6 Å². The predicted octanol–water partition coefficient (Wildman–Crippen LogP) is 2.70. The molecule has 2 heteroatoms. The number of carbonyl (C=O) groups excluding carboxylic acids is 1. The van der Waals surface area contributed by atoms with E-state index in [-0.39, 0.29) is 11.7 Å². The second kappa shape index (κ2) is 4.01. The highest BCUT2D eigenvalue weighted by Crippen LogP contribution is 2.45. The van der Waals surface area contributed by atoms with Crippen molar-refractivity contribution >= 4 is 6.29 Å². The highest BCUT2D eigenvalue weighted by Gasteiger charge is 2.42. The average molecular weight is 196 g/mol. The zero-order chi connectivity index (χ0) is 10.0. The quantitative estimate of drug-likeness (QED) is 0.635. The Labute approximate surface area is 86.0 Å². The summed E-state index contributed by atoms with van der Waals surface area (Å²) < 4.78 is 5.95. The molecule has 0 amide bonds. The molecule has 2 aliphatic rings. The maximum absolute atomic E-state index is 10.7. The lowest BCUT2D eigenvalue weighted by molar-refractivity contribution is -0.146. The minimum atomic E-state index is -0.112. The van der Waals surface area contributed by atoms with E-state index in [1.165, 1.54) is 38.5 Å². The Morgan fingerprint density at radius 2 is 2.29 bits per heavy atom. The molecule has 0 N–H and O–H groups in total. The Bertz CT molecular complexity index is 214. The summed E-state index contributed by atoms with van der Waals surface area (Å²) in [6, 6.07) is 0. The standard InChI is InChI=1S/C12H20O2/c1-2-10-5-7-12(8-10)6-3-4-11(9-13)14-12/h9-11H,2-8H2,1H3. The lowest BCUT2D eigenvalue weighted by atomic mass is 9.89. The van der Waals surface area contributed by atoms with Gasteiger partial charge in [-0.15, -0.1) is 0 Å². The van der Waals surface area contributed by atoms with Gasteiger partial charge in [-0.1, -0.05) is 13.3 Å². The Hall–Kier alpha value is -0.370. The van der Waals surface area contributed by atoms with Crippen molar-refractivity contribution in [2.75, 3.05) is 0 Å². The van der Waals surface area contributed by atoms with Crippen LogP contribution >= 0.6 is 0 Å². The second-order valence-corrected chi connectivity index (χ2v) is 4.88. The van der Waals surface area contributed by atoms with Crippen molar-refractivity contribution in [3.8, 4) is 0 Å². The molecule has 0 aromatic heterocycles. The molecule has 0 bridgehead atoms. The van der Waals surface area contributed by atoms with Crippen LogP contribution in [0, 0.1) is 5.92 Å². The summed E-state index contributed by atoms with van der Waals surface area (Å²) >= 11 is 0. The molecule has 1 spiro atoms. The second-order valence-electron chi connectivity index (χ2n) is 4.88. The molecule has 3 atom stereocenters. The van der Waals surface area contributed by atoms with Gasteiger partial charge in [0.05, 0.1) is 5.60 Å². The summed E-state index contributed by atoms with van der Waals surface area (Å²) in [5.41, 5.74) is 0.0878. The van der Waals surface area contributed by atoms with Gasteiger partial charge in [0.15, 0.2) is 0 Å². The van der Waals surface area contributed by atoms with Gasteiger partial charge in [0.1, 0.15) is 12.4 Å². The monoisotopic (exact) mass is 196 g/mol. The summed E-state index contributed by atoms with van der Waals surface area (Å²) in [4.78, 5) is 10.7. The fourth-order valence-electron chi connectivity index (χ4n) is 3.04. The number of ether oxygens (including phenoxy) is 1. The third-order valence-corrected chi connectivity index (χ3v) is 3.92. The largest absolute Gasteiger partial charge is 0.364 e. The minimum Gasteiger partial charge on any atom is -0.364 e. The molecule has 80 valence electrons. The maximum Gasteiger partial charge on any atom is 0.148 e. The van der Waals surface area contributed by atoms with Crippen molar-refractivity contribution in [2.24, 2.45) is 5.92 Å². The zero-order valence-electron chi connectivity index (χ0n) is 9.00. The number of hydrogen-bond donors (Lipinski definition) is 0. The average Bonchev–Trinajstić information content (AvgIpc) is 2.61. The Morgan fingerprint density at radius 1 is 1.43 bits per heavy atom. The molecule has 0 radical (unpaired) electrons. The minimum absolute atomic E-state index is 0.0878. The van der Waals surface area contributed by atoms with Gasteiger partial charge in [0.25, 0.3) is 0 Å². The number of carbonyl (C=O) groups is 1. The predicted molar refractivity (Wildman–Crippen MR) is 55.2 cm³/mol. The first-order valence-corrected chi connectivity index (χ1v) is 5.91. The summed E-state index contributed by atoms with van der Waals surface area (Å²) in [6.45, 7) is 2.25. The van der Waals surface area contributed by atoms with Crippen LogP contribution in [0.2, 0.25) is 0 Å². The van der Waals surface area contributed by atoms with Gasteiger partial charge in [-0.25, -0.2) is 0 Å². The van der Waals surface area contributed by atoms with Crippen molar-refractivity contribution in [1.82, 2.24) is 0 Å². The molecular formula is C12H20O2. The van der Waals surface area contributed by atoms with Crippen LogP contribution in [0.15, 0.2) is 0 Å². The normalized spacial score (nSPS) is 42.9. The van der Waals surface area contributed by atoms with E-state index in [4.69, 9.17) is 4.74 Å². The lowest BCUT2D eigenvalue weighted by Gasteiger charge is -2.37. The maximum atomic E-state index is 10.7. The molecule has 2 nitrogen and oxygen atoms in total. The molecule has 0 aromatic rings. The van der Waals surface area contributed by atoms with E-state index in [0.29, 0.717) is 0 Å². The van der Waals surface area contributed by atoms with Crippen LogP contribution in [0.1, 0.15) is 51.9 Å². The molecule has 1 saturated carbocycles. The van der Waals surface area contributed by atoms with E-state index in [1.807, 2.05) is 0 Å². The smallest absolute Gasteiger partial charge is 0.148 e. The molecule has 0 aromatic carbocycles. The molecule has 2 rings (SSSR count). The van der Waals surface area contributed by atoms with E-state index >= 15 is 0 Å². The SMILES string of the molecule is CCC1CCC2(CCCC(C=O)O2)C1. The summed E-state index contributed by atoms with van der Waals surface area (Å²) in [5, 5.41) is 0. The number of hydrogen-bond acceptors (Lipinski definition) is 2. The van der Waals surface area contributed by atoms with Crippen LogP contribution in [0.4, 0.5) is 0 Å². The molecule has 1 saturated heterocycles. The van der Waals surface area contributed by atoms with Gasteiger partial charge in [-0.2, -0.15) is 0 Å². The van der Waals surface area contributed by atoms with Crippen molar-refractivity contribution < 1.29 is 9.53 Å².